The van der Waals surface area contributed by atoms with Crippen molar-refractivity contribution < 1.29 is 22.7 Å². The number of carbonyl (C=O) groups is 1. The van der Waals surface area contributed by atoms with E-state index in [9.17, 15) is 18.0 Å². The Morgan fingerprint density at radius 3 is 2.76 bits per heavy atom. The quantitative estimate of drug-likeness (QED) is 0.635. The fourth-order valence-electron chi connectivity index (χ4n) is 1.31. The van der Waals surface area contributed by atoms with E-state index in [1.807, 2.05) is 6.92 Å². The molecule has 0 radical (unpaired) electrons. The molecule has 0 aliphatic heterocycles. The molecule has 1 aromatic heterocycles. The zero-order chi connectivity index (χ0) is 15.9. The molecule has 0 aliphatic rings. The third-order valence-corrected chi connectivity index (χ3v) is 3.21. The van der Waals surface area contributed by atoms with Gasteiger partial charge in [0.05, 0.1) is 6.61 Å². The van der Waals surface area contributed by atoms with Crippen LogP contribution in [0, 0.1) is 0 Å². The van der Waals surface area contributed by atoms with Crippen molar-refractivity contribution in [3.63, 3.8) is 0 Å². The normalized spacial score (nSPS) is 11.4. The lowest BCUT2D eigenvalue weighted by molar-refractivity contribution is -0.173. The second kappa shape index (κ2) is 8.03. The summed E-state index contributed by atoms with van der Waals surface area (Å²) < 4.78 is 39.8. The molecule has 21 heavy (non-hydrogen) atoms. The van der Waals surface area contributed by atoms with Crippen molar-refractivity contribution in [2.75, 3.05) is 37.4 Å². The van der Waals surface area contributed by atoms with Crippen LogP contribution in [0.2, 0.25) is 0 Å². The molecular weight excluding hydrogens is 309 g/mol. The van der Waals surface area contributed by atoms with Gasteiger partial charge in [0, 0.05) is 13.1 Å². The van der Waals surface area contributed by atoms with Gasteiger partial charge in [-0.1, -0.05) is 18.3 Å². The predicted molar refractivity (Wildman–Crippen MR) is 74.5 cm³/mol. The maximum Gasteiger partial charge on any atom is 0.411 e. The van der Waals surface area contributed by atoms with Gasteiger partial charge in [-0.15, -0.1) is 0 Å². The van der Waals surface area contributed by atoms with Crippen LogP contribution in [0.4, 0.5) is 24.1 Å². The molecule has 10 heteroatoms. The van der Waals surface area contributed by atoms with Gasteiger partial charge in [-0.3, -0.25) is 4.79 Å². The van der Waals surface area contributed by atoms with Crippen LogP contribution in [0.15, 0.2) is 0 Å². The van der Waals surface area contributed by atoms with Gasteiger partial charge in [-0.25, -0.2) is 4.98 Å². The second-order valence-electron chi connectivity index (χ2n) is 4.08. The van der Waals surface area contributed by atoms with Crippen LogP contribution in [0.3, 0.4) is 0 Å². The van der Waals surface area contributed by atoms with E-state index >= 15 is 0 Å². The van der Waals surface area contributed by atoms with E-state index in [4.69, 9.17) is 5.73 Å². The standard InChI is InChI=1S/C11H17F3N4O2S/c1-2-3-17-10-18-8(15)7(21-10)9(19)16-4-5-20-6-11(12,13)14/h2-6,15H2,1H3,(H,16,19)(H,17,18). The number of nitrogens with two attached hydrogens (primary N) is 1. The molecule has 1 rings (SSSR count). The highest BCUT2D eigenvalue weighted by atomic mass is 32.1. The summed E-state index contributed by atoms with van der Waals surface area (Å²) in [6.07, 6.45) is -3.47. The number of alkyl halides is 3. The number of ether oxygens (including phenoxy) is 1. The summed E-state index contributed by atoms with van der Waals surface area (Å²) in [6.45, 7) is 1.09. The van der Waals surface area contributed by atoms with Crippen molar-refractivity contribution in [1.29, 1.82) is 0 Å². The highest BCUT2D eigenvalue weighted by Crippen LogP contribution is 2.24. The van der Waals surface area contributed by atoms with Crippen molar-refractivity contribution in [2.24, 2.45) is 0 Å². The molecule has 0 fully saturated rings. The fraction of sp³-hybridized carbons (Fsp3) is 0.636. The lowest BCUT2D eigenvalue weighted by Crippen LogP contribution is -2.28. The smallest absolute Gasteiger partial charge is 0.382 e. The molecule has 0 saturated carbocycles. The van der Waals surface area contributed by atoms with Gasteiger partial charge in [0.2, 0.25) is 0 Å². The van der Waals surface area contributed by atoms with E-state index in [-0.39, 0.29) is 23.8 Å². The molecule has 0 aromatic carbocycles. The topological polar surface area (TPSA) is 89.3 Å². The van der Waals surface area contributed by atoms with Gasteiger partial charge in [-0.2, -0.15) is 13.2 Å². The van der Waals surface area contributed by atoms with Crippen molar-refractivity contribution in [3.05, 3.63) is 4.88 Å². The summed E-state index contributed by atoms with van der Waals surface area (Å²) >= 11 is 1.10. The summed E-state index contributed by atoms with van der Waals surface area (Å²) in [5, 5.41) is 5.96. The third-order valence-electron chi connectivity index (χ3n) is 2.18. The molecule has 1 heterocycles. The van der Waals surface area contributed by atoms with Gasteiger partial charge >= 0.3 is 6.18 Å². The van der Waals surface area contributed by atoms with E-state index in [0.717, 1.165) is 17.8 Å². The van der Waals surface area contributed by atoms with E-state index in [1.54, 1.807) is 0 Å². The molecule has 0 spiro atoms. The number of carbonyl (C=O) groups excluding carboxylic acids is 1. The number of hydrogen-bond acceptors (Lipinski definition) is 6. The van der Waals surface area contributed by atoms with E-state index < -0.39 is 18.7 Å². The van der Waals surface area contributed by atoms with Crippen LogP contribution >= 0.6 is 11.3 Å². The minimum Gasteiger partial charge on any atom is -0.382 e. The Hall–Kier alpha value is -1.55. The largest absolute Gasteiger partial charge is 0.411 e. The number of anilines is 2. The van der Waals surface area contributed by atoms with Crippen LogP contribution in [-0.4, -0.2) is 43.4 Å². The first-order valence-electron chi connectivity index (χ1n) is 6.26. The minimum atomic E-state index is -4.37. The van der Waals surface area contributed by atoms with Crippen LogP contribution in [0.5, 0.6) is 0 Å². The zero-order valence-corrected chi connectivity index (χ0v) is 12.2. The highest BCUT2D eigenvalue weighted by Gasteiger charge is 2.27. The summed E-state index contributed by atoms with van der Waals surface area (Å²) in [4.78, 5) is 16.0. The molecule has 0 bridgehead atoms. The molecule has 0 atom stereocenters. The summed E-state index contributed by atoms with van der Waals surface area (Å²) in [5.41, 5.74) is 5.62. The Balaban J connectivity index is 2.36. The summed E-state index contributed by atoms with van der Waals surface area (Å²) in [6, 6.07) is 0. The minimum absolute atomic E-state index is 0.0377. The fourth-order valence-corrected chi connectivity index (χ4v) is 2.13. The van der Waals surface area contributed by atoms with Gasteiger partial charge in [0.15, 0.2) is 5.13 Å². The number of nitrogens with one attached hydrogen (secondary N) is 2. The summed E-state index contributed by atoms with van der Waals surface area (Å²) in [5.74, 6) is -0.391. The van der Waals surface area contributed by atoms with Crippen LogP contribution in [0.25, 0.3) is 0 Å². The lowest BCUT2D eigenvalue weighted by atomic mass is 10.4. The maximum absolute atomic E-state index is 11.8. The molecule has 6 nitrogen and oxygen atoms in total. The first-order valence-corrected chi connectivity index (χ1v) is 7.08. The lowest BCUT2D eigenvalue weighted by Gasteiger charge is -2.08. The zero-order valence-electron chi connectivity index (χ0n) is 11.4. The number of rotatable bonds is 8. The molecule has 4 N–H and O–H groups in total. The summed E-state index contributed by atoms with van der Waals surface area (Å²) in [7, 11) is 0. The van der Waals surface area contributed by atoms with Crippen molar-refractivity contribution in [2.45, 2.75) is 19.5 Å². The predicted octanol–water partition coefficient (Wildman–Crippen LogP) is 1.86. The molecule has 1 aromatic rings. The van der Waals surface area contributed by atoms with Crippen LogP contribution < -0.4 is 16.4 Å². The number of thiazole rings is 1. The second-order valence-corrected chi connectivity index (χ2v) is 5.08. The Labute approximate surface area is 123 Å². The van der Waals surface area contributed by atoms with E-state index in [1.165, 1.54) is 0 Å². The molecule has 120 valence electrons. The Bertz CT molecular complexity index is 465. The molecule has 0 aliphatic carbocycles. The van der Waals surface area contributed by atoms with E-state index in [2.05, 4.69) is 20.4 Å². The molecule has 1 amide bonds. The average molecular weight is 326 g/mol. The van der Waals surface area contributed by atoms with Gasteiger partial charge in [0.25, 0.3) is 5.91 Å². The molecular formula is C11H17F3N4O2S. The third kappa shape index (κ3) is 6.63. The number of nitrogen functional groups attached to an aromatic ring is 1. The number of nitrogens with zero attached hydrogens (tertiary/aromatic N) is 1. The monoisotopic (exact) mass is 326 g/mol. The Kier molecular flexibility index (Phi) is 6.69. The van der Waals surface area contributed by atoms with E-state index in [0.29, 0.717) is 11.7 Å². The van der Waals surface area contributed by atoms with Gasteiger partial charge in [-0.05, 0) is 6.42 Å². The van der Waals surface area contributed by atoms with Crippen LogP contribution in [0.1, 0.15) is 23.0 Å². The van der Waals surface area contributed by atoms with Crippen molar-refractivity contribution >= 4 is 28.2 Å². The number of aromatic nitrogens is 1. The Morgan fingerprint density at radius 1 is 1.43 bits per heavy atom. The number of hydrogen-bond donors (Lipinski definition) is 3. The van der Waals surface area contributed by atoms with Crippen molar-refractivity contribution in [1.82, 2.24) is 10.3 Å². The first kappa shape index (κ1) is 17.5. The number of amides is 1. The van der Waals surface area contributed by atoms with Crippen molar-refractivity contribution in [3.8, 4) is 0 Å². The van der Waals surface area contributed by atoms with Gasteiger partial charge < -0.3 is 21.1 Å². The molecule has 0 saturated heterocycles. The molecule has 0 unspecified atom stereocenters. The highest BCUT2D eigenvalue weighted by molar-refractivity contribution is 7.18. The average Bonchev–Trinajstić information content (AvgIpc) is 2.75. The van der Waals surface area contributed by atoms with Crippen LogP contribution in [-0.2, 0) is 4.74 Å². The maximum atomic E-state index is 11.8. The number of halogens is 3. The van der Waals surface area contributed by atoms with Gasteiger partial charge in [0.1, 0.15) is 17.3 Å². The Morgan fingerprint density at radius 2 is 2.14 bits per heavy atom. The first-order chi connectivity index (χ1) is 9.83. The SMILES string of the molecule is CCCNc1nc(N)c(C(=O)NCCOCC(F)(F)F)s1.